The number of rotatable bonds is 5. The molecule has 0 bridgehead atoms. The number of nitrogens with zero attached hydrogens (tertiary/aromatic N) is 1. The maximum atomic E-state index is 12.6. The Morgan fingerprint density at radius 1 is 1.25 bits per heavy atom. The highest BCUT2D eigenvalue weighted by atomic mass is 32.2. The number of piperidine rings is 1. The van der Waals surface area contributed by atoms with Gasteiger partial charge < -0.3 is 10.4 Å². The highest BCUT2D eigenvalue weighted by molar-refractivity contribution is 7.89. The van der Waals surface area contributed by atoms with Gasteiger partial charge in [-0.15, -0.1) is 0 Å². The molecule has 1 heterocycles. The molecule has 1 unspecified atom stereocenters. The molecule has 1 aliphatic heterocycles. The van der Waals surface area contributed by atoms with Gasteiger partial charge >= 0.3 is 5.97 Å². The average molecular weight is 354 g/mol. The third-order valence-corrected chi connectivity index (χ3v) is 5.99. The Labute approximate surface area is 141 Å². The van der Waals surface area contributed by atoms with Crippen molar-refractivity contribution in [1.29, 1.82) is 0 Å². The zero-order valence-corrected chi connectivity index (χ0v) is 14.5. The van der Waals surface area contributed by atoms with Crippen LogP contribution in [0.3, 0.4) is 0 Å². The standard InChI is InChI=1S/C16H22N2O5S/c1-16(2,15(20)21)17-14(19)12-7-6-10-18(11-12)24(22,23)13-8-4-3-5-9-13/h3-5,8-9,12H,6-7,10-11H2,1-2H3,(H,17,19)(H,20,21). The van der Waals surface area contributed by atoms with Crippen LogP contribution in [-0.4, -0.2) is 48.3 Å². The number of carbonyl (C=O) groups excluding carboxylic acids is 1. The van der Waals surface area contributed by atoms with Gasteiger partial charge in [-0.2, -0.15) is 4.31 Å². The molecular weight excluding hydrogens is 332 g/mol. The van der Waals surface area contributed by atoms with E-state index in [0.29, 0.717) is 19.4 Å². The first-order valence-corrected chi connectivity index (χ1v) is 9.19. The molecule has 0 radical (unpaired) electrons. The van der Waals surface area contributed by atoms with E-state index in [2.05, 4.69) is 5.32 Å². The van der Waals surface area contributed by atoms with Crippen LogP contribution in [0, 0.1) is 5.92 Å². The lowest BCUT2D eigenvalue weighted by atomic mass is 9.96. The molecule has 7 nitrogen and oxygen atoms in total. The van der Waals surface area contributed by atoms with Gasteiger partial charge in [0.15, 0.2) is 0 Å². The quantitative estimate of drug-likeness (QED) is 0.823. The zero-order chi connectivity index (χ0) is 18.0. The van der Waals surface area contributed by atoms with E-state index in [1.54, 1.807) is 18.2 Å². The van der Waals surface area contributed by atoms with Gasteiger partial charge in [-0.25, -0.2) is 13.2 Å². The minimum atomic E-state index is -3.65. The number of carboxylic acid groups (broad SMARTS) is 1. The first-order valence-electron chi connectivity index (χ1n) is 7.75. The van der Waals surface area contributed by atoms with Crippen molar-refractivity contribution < 1.29 is 23.1 Å². The predicted molar refractivity (Wildman–Crippen MR) is 87.8 cm³/mol. The molecule has 1 atom stereocenters. The summed E-state index contributed by atoms with van der Waals surface area (Å²) in [5, 5.41) is 11.6. The van der Waals surface area contributed by atoms with Crippen molar-refractivity contribution in [2.45, 2.75) is 37.1 Å². The minimum absolute atomic E-state index is 0.0543. The first kappa shape index (κ1) is 18.4. The third-order valence-electron chi connectivity index (χ3n) is 4.11. The summed E-state index contributed by atoms with van der Waals surface area (Å²) in [6.07, 6.45) is 1.08. The van der Waals surface area contributed by atoms with E-state index in [0.717, 1.165) is 0 Å². The third kappa shape index (κ3) is 3.93. The highest BCUT2D eigenvalue weighted by Gasteiger charge is 2.36. The average Bonchev–Trinajstić information content (AvgIpc) is 2.55. The van der Waals surface area contributed by atoms with Crippen molar-refractivity contribution in [3.8, 4) is 0 Å². The Hall–Kier alpha value is -1.93. The van der Waals surface area contributed by atoms with Crippen molar-refractivity contribution in [2.75, 3.05) is 13.1 Å². The number of sulfonamides is 1. The fourth-order valence-electron chi connectivity index (χ4n) is 2.58. The number of hydrogen-bond acceptors (Lipinski definition) is 4. The lowest BCUT2D eigenvalue weighted by Gasteiger charge is -2.33. The summed E-state index contributed by atoms with van der Waals surface area (Å²) in [6, 6.07) is 8.07. The first-order chi connectivity index (χ1) is 11.1. The van der Waals surface area contributed by atoms with Crippen molar-refractivity contribution in [3.63, 3.8) is 0 Å². The fraction of sp³-hybridized carbons (Fsp3) is 0.500. The normalized spacial score (nSPS) is 19.7. The predicted octanol–water partition coefficient (Wildman–Crippen LogP) is 1.07. The molecule has 24 heavy (non-hydrogen) atoms. The van der Waals surface area contributed by atoms with Crippen LogP contribution in [0.5, 0.6) is 0 Å². The number of amides is 1. The highest BCUT2D eigenvalue weighted by Crippen LogP contribution is 2.24. The maximum Gasteiger partial charge on any atom is 0.328 e. The summed E-state index contributed by atoms with van der Waals surface area (Å²) in [5.74, 6) is -2.13. The van der Waals surface area contributed by atoms with Gasteiger partial charge in [0.1, 0.15) is 5.54 Å². The second-order valence-corrected chi connectivity index (χ2v) is 8.37. The van der Waals surface area contributed by atoms with Crippen LogP contribution >= 0.6 is 0 Å². The summed E-state index contributed by atoms with van der Waals surface area (Å²) in [6.45, 7) is 3.20. The van der Waals surface area contributed by atoms with E-state index in [4.69, 9.17) is 5.11 Å². The minimum Gasteiger partial charge on any atom is -0.480 e. The molecule has 1 amide bonds. The van der Waals surface area contributed by atoms with E-state index >= 15 is 0 Å². The smallest absolute Gasteiger partial charge is 0.328 e. The topological polar surface area (TPSA) is 104 Å². The summed E-state index contributed by atoms with van der Waals surface area (Å²) in [4.78, 5) is 23.6. The Kier molecular flexibility index (Phi) is 5.29. The SMILES string of the molecule is CC(C)(NC(=O)C1CCCN(S(=O)(=O)c2ccccc2)C1)C(=O)O. The molecule has 0 aromatic heterocycles. The van der Waals surface area contributed by atoms with Crippen LogP contribution in [0.15, 0.2) is 35.2 Å². The molecular formula is C16H22N2O5S. The lowest BCUT2D eigenvalue weighted by Crippen LogP contribution is -2.54. The summed E-state index contributed by atoms with van der Waals surface area (Å²) >= 11 is 0. The van der Waals surface area contributed by atoms with Crippen LogP contribution in [0.2, 0.25) is 0 Å². The van der Waals surface area contributed by atoms with Crippen LogP contribution < -0.4 is 5.32 Å². The van der Waals surface area contributed by atoms with Gasteiger partial charge in [0.05, 0.1) is 10.8 Å². The molecule has 132 valence electrons. The van der Waals surface area contributed by atoms with E-state index in [-0.39, 0.29) is 11.4 Å². The second kappa shape index (κ2) is 6.90. The van der Waals surface area contributed by atoms with Crippen molar-refractivity contribution in [2.24, 2.45) is 5.92 Å². The number of nitrogens with one attached hydrogen (secondary N) is 1. The molecule has 0 aliphatic carbocycles. The molecule has 1 saturated heterocycles. The molecule has 0 saturated carbocycles. The number of carboxylic acids is 1. The molecule has 1 fully saturated rings. The lowest BCUT2D eigenvalue weighted by molar-refractivity contribution is -0.146. The largest absolute Gasteiger partial charge is 0.480 e. The summed E-state index contributed by atoms with van der Waals surface area (Å²) in [5.41, 5.74) is -1.39. The van der Waals surface area contributed by atoms with Crippen LogP contribution in [0.25, 0.3) is 0 Å². The van der Waals surface area contributed by atoms with Crippen LogP contribution in [0.4, 0.5) is 0 Å². The van der Waals surface area contributed by atoms with Gasteiger partial charge in [0.2, 0.25) is 15.9 Å². The molecule has 8 heteroatoms. The van der Waals surface area contributed by atoms with Crippen LogP contribution in [0.1, 0.15) is 26.7 Å². The van der Waals surface area contributed by atoms with Gasteiger partial charge in [0.25, 0.3) is 0 Å². The number of aliphatic carboxylic acids is 1. The molecule has 2 N–H and O–H groups in total. The molecule has 0 spiro atoms. The molecule has 1 aliphatic rings. The van der Waals surface area contributed by atoms with E-state index < -0.39 is 33.4 Å². The Morgan fingerprint density at radius 2 is 1.88 bits per heavy atom. The summed E-state index contributed by atoms with van der Waals surface area (Å²) in [7, 11) is -3.65. The van der Waals surface area contributed by atoms with Gasteiger partial charge in [0, 0.05) is 13.1 Å². The van der Waals surface area contributed by atoms with Crippen molar-refractivity contribution in [3.05, 3.63) is 30.3 Å². The molecule has 2 rings (SSSR count). The van der Waals surface area contributed by atoms with Crippen molar-refractivity contribution >= 4 is 21.9 Å². The maximum absolute atomic E-state index is 12.6. The Balaban J connectivity index is 2.12. The zero-order valence-electron chi connectivity index (χ0n) is 13.7. The van der Waals surface area contributed by atoms with Gasteiger partial charge in [-0.1, -0.05) is 18.2 Å². The molecule has 1 aromatic rings. The summed E-state index contributed by atoms with van der Waals surface area (Å²) < 4.78 is 26.6. The number of carbonyl (C=O) groups is 2. The molecule has 1 aromatic carbocycles. The Morgan fingerprint density at radius 3 is 2.46 bits per heavy atom. The number of benzene rings is 1. The van der Waals surface area contributed by atoms with Crippen molar-refractivity contribution in [1.82, 2.24) is 9.62 Å². The van der Waals surface area contributed by atoms with Crippen LogP contribution in [-0.2, 0) is 19.6 Å². The fourth-order valence-corrected chi connectivity index (χ4v) is 4.12. The second-order valence-electron chi connectivity index (χ2n) is 6.43. The van der Waals surface area contributed by atoms with Gasteiger partial charge in [-0.05, 0) is 38.8 Å². The van der Waals surface area contributed by atoms with E-state index in [9.17, 15) is 18.0 Å². The Bertz CT molecular complexity index is 715. The van der Waals surface area contributed by atoms with E-state index in [1.165, 1.54) is 30.3 Å². The monoisotopic (exact) mass is 354 g/mol. The van der Waals surface area contributed by atoms with Gasteiger partial charge in [-0.3, -0.25) is 4.79 Å². The van der Waals surface area contributed by atoms with E-state index in [1.807, 2.05) is 0 Å². The number of hydrogen-bond donors (Lipinski definition) is 2.